The molecule has 0 amide bonds. The molecule has 2 aliphatic heterocycles. The second-order valence-electron chi connectivity index (χ2n) is 7.39. The standard InChI is InChI=1S/C20H21N5O/c1-12-10-24(11-13(2)21-12)18-8-7-14-9-17(26)20-22-15-5-3-4-6-16(15)25(20)19(14)23-18/h3-8,12-13,21H,9-11H2,1-2H3/t12-,13+. The summed E-state index contributed by atoms with van der Waals surface area (Å²) in [4.78, 5) is 24.4. The normalized spacial score (nSPS) is 22.4. The van der Waals surface area contributed by atoms with Gasteiger partial charge in [-0.2, -0.15) is 0 Å². The van der Waals surface area contributed by atoms with Gasteiger partial charge in [-0.3, -0.25) is 9.36 Å². The molecule has 2 aliphatic rings. The first kappa shape index (κ1) is 15.5. The van der Waals surface area contributed by atoms with Crippen LogP contribution in [0.3, 0.4) is 0 Å². The van der Waals surface area contributed by atoms with Crippen LogP contribution in [0, 0.1) is 0 Å². The van der Waals surface area contributed by atoms with E-state index in [4.69, 9.17) is 4.98 Å². The Morgan fingerprint density at radius 2 is 1.81 bits per heavy atom. The van der Waals surface area contributed by atoms with Gasteiger partial charge in [-0.25, -0.2) is 9.97 Å². The molecule has 0 radical (unpaired) electrons. The van der Waals surface area contributed by atoms with Crippen molar-refractivity contribution in [2.75, 3.05) is 18.0 Å². The summed E-state index contributed by atoms with van der Waals surface area (Å²) in [6.07, 6.45) is 0.361. The molecule has 0 aliphatic carbocycles. The monoisotopic (exact) mass is 347 g/mol. The van der Waals surface area contributed by atoms with Crippen molar-refractivity contribution in [1.82, 2.24) is 19.9 Å². The first-order chi connectivity index (χ1) is 12.6. The number of anilines is 1. The van der Waals surface area contributed by atoms with Gasteiger partial charge in [-0.05, 0) is 32.0 Å². The number of fused-ring (bicyclic) bond motifs is 5. The highest BCUT2D eigenvalue weighted by molar-refractivity contribution is 6.01. The van der Waals surface area contributed by atoms with E-state index in [0.717, 1.165) is 41.3 Å². The van der Waals surface area contributed by atoms with Crippen LogP contribution in [-0.2, 0) is 6.42 Å². The summed E-state index contributed by atoms with van der Waals surface area (Å²) < 4.78 is 1.93. The van der Waals surface area contributed by atoms with Gasteiger partial charge in [0.05, 0.1) is 11.0 Å². The van der Waals surface area contributed by atoms with E-state index in [-0.39, 0.29) is 5.78 Å². The minimum absolute atomic E-state index is 0.0488. The summed E-state index contributed by atoms with van der Waals surface area (Å²) in [5, 5.41) is 3.55. The van der Waals surface area contributed by atoms with Crippen molar-refractivity contribution in [2.45, 2.75) is 32.4 Å². The van der Waals surface area contributed by atoms with Crippen LogP contribution in [0.1, 0.15) is 30.0 Å². The average molecular weight is 347 g/mol. The molecule has 1 aromatic carbocycles. The van der Waals surface area contributed by atoms with Crippen LogP contribution >= 0.6 is 0 Å². The summed E-state index contributed by atoms with van der Waals surface area (Å²) in [5.41, 5.74) is 2.73. The van der Waals surface area contributed by atoms with E-state index in [0.29, 0.717) is 24.3 Å². The minimum atomic E-state index is 0.0488. The minimum Gasteiger partial charge on any atom is -0.353 e. The molecule has 0 unspecified atom stereocenters. The number of benzene rings is 1. The maximum absolute atomic E-state index is 12.6. The fraction of sp³-hybridized carbons (Fsp3) is 0.350. The quantitative estimate of drug-likeness (QED) is 0.732. The number of piperazine rings is 1. The van der Waals surface area contributed by atoms with Crippen LogP contribution in [0.15, 0.2) is 36.4 Å². The van der Waals surface area contributed by atoms with Gasteiger partial charge in [0.2, 0.25) is 5.78 Å². The summed E-state index contributed by atoms with van der Waals surface area (Å²) in [6.45, 7) is 6.24. The molecule has 4 heterocycles. The molecular weight excluding hydrogens is 326 g/mol. The lowest BCUT2D eigenvalue weighted by Gasteiger charge is -2.37. The van der Waals surface area contributed by atoms with Crippen molar-refractivity contribution < 1.29 is 4.79 Å². The van der Waals surface area contributed by atoms with Gasteiger partial charge in [0.25, 0.3) is 0 Å². The second kappa shape index (κ2) is 5.64. The summed E-state index contributed by atoms with van der Waals surface area (Å²) in [6, 6.07) is 12.8. The Morgan fingerprint density at radius 3 is 2.62 bits per heavy atom. The number of hydrogen-bond acceptors (Lipinski definition) is 5. The molecule has 1 saturated heterocycles. The lowest BCUT2D eigenvalue weighted by atomic mass is 10.1. The topological polar surface area (TPSA) is 63.1 Å². The molecule has 6 heteroatoms. The number of aromatic nitrogens is 3. The largest absolute Gasteiger partial charge is 0.353 e. The van der Waals surface area contributed by atoms with Crippen LogP contribution in [0.25, 0.3) is 16.9 Å². The molecule has 0 bridgehead atoms. The van der Waals surface area contributed by atoms with Gasteiger partial charge >= 0.3 is 0 Å². The van der Waals surface area contributed by atoms with E-state index in [1.54, 1.807) is 0 Å². The zero-order valence-electron chi connectivity index (χ0n) is 14.9. The summed E-state index contributed by atoms with van der Waals surface area (Å²) in [7, 11) is 0. The zero-order chi connectivity index (χ0) is 17.8. The van der Waals surface area contributed by atoms with Crippen LogP contribution in [0.5, 0.6) is 0 Å². The van der Waals surface area contributed by atoms with E-state index in [1.165, 1.54) is 0 Å². The smallest absolute Gasteiger partial charge is 0.203 e. The fourth-order valence-electron chi connectivity index (χ4n) is 4.17. The highest BCUT2D eigenvalue weighted by Crippen LogP contribution is 2.30. The highest BCUT2D eigenvalue weighted by atomic mass is 16.1. The number of carbonyl (C=O) groups excluding carboxylic acids is 1. The number of carbonyl (C=O) groups is 1. The summed E-state index contributed by atoms with van der Waals surface area (Å²) >= 11 is 0. The van der Waals surface area contributed by atoms with Gasteiger partial charge < -0.3 is 10.2 Å². The lowest BCUT2D eigenvalue weighted by molar-refractivity contribution is 0.0977. The molecular formula is C20H21N5O. The average Bonchev–Trinajstić information content (AvgIpc) is 3.01. The number of pyridine rings is 1. The van der Waals surface area contributed by atoms with E-state index in [1.807, 2.05) is 41.0 Å². The first-order valence-corrected chi connectivity index (χ1v) is 9.12. The van der Waals surface area contributed by atoms with E-state index >= 15 is 0 Å². The lowest BCUT2D eigenvalue weighted by Crippen LogP contribution is -2.54. The fourth-order valence-corrected chi connectivity index (χ4v) is 4.17. The number of hydrogen-bond donors (Lipinski definition) is 1. The molecule has 6 nitrogen and oxygen atoms in total. The van der Waals surface area contributed by atoms with Crippen molar-refractivity contribution in [3.05, 3.63) is 47.8 Å². The van der Waals surface area contributed by atoms with Crippen molar-refractivity contribution in [3.8, 4) is 5.82 Å². The molecule has 132 valence electrons. The Balaban J connectivity index is 1.66. The molecule has 5 rings (SSSR count). The molecule has 0 saturated carbocycles. The van der Waals surface area contributed by atoms with Crippen LogP contribution < -0.4 is 10.2 Å². The van der Waals surface area contributed by atoms with Gasteiger partial charge in [0.1, 0.15) is 11.6 Å². The molecule has 26 heavy (non-hydrogen) atoms. The molecule has 3 aromatic rings. The van der Waals surface area contributed by atoms with Crippen molar-refractivity contribution in [1.29, 1.82) is 0 Å². The van der Waals surface area contributed by atoms with E-state index in [2.05, 4.69) is 29.0 Å². The Morgan fingerprint density at radius 1 is 1.04 bits per heavy atom. The van der Waals surface area contributed by atoms with Crippen molar-refractivity contribution in [3.63, 3.8) is 0 Å². The number of para-hydroxylation sites is 2. The predicted molar refractivity (Wildman–Crippen MR) is 101 cm³/mol. The third-order valence-corrected chi connectivity index (χ3v) is 5.20. The van der Waals surface area contributed by atoms with Crippen LogP contribution in [-0.4, -0.2) is 45.5 Å². The third-order valence-electron chi connectivity index (χ3n) is 5.20. The van der Waals surface area contributed by atoms with Gasteiger partial charge in [0, 0.05) is 37.2 Å². The highest BCUT2D eigenvalue weighted by Gasteiger charge is 2.29. The number of rotatable bonds is 1. The van der Waals surface area contributed by atoms with Gasteiger partial charge in [0.15, 0.2) is 5.82 Å². The SMILES string of the molecule is C[C@@H]1CN(c2ccc3c(n2)-n2c(nc4ccccc42)C(=O)C3)C[C@H](C)N1. The van der Waals surface area contributed by atoms with Gasteiger partial charge in [-0.15, -0.1) is 0 Å². The Bertz CT molecular complexity index is 1010. The number of nitrogens with one attached hydrogen (secondary N) is 1. The maximum Gasteiger partial charge on any atom is 0.203 e. The molecule has 2 atom stereocenters. The third kappa shape index (κ3) is 2.33. The Hall–Kier alpha value is -2.73. The summed E-state index contributed by atoms with van der Waals surface area (Å²) in [5.74, 6) is 2.34. The van der Waals surface area contributed by atoms with Crippen molar-refractivity contribution in [2.24, 2.45) is 0 Å². The Kier molecular flexibility index (Phi) is 3.37. The van der Waals surface area contributed by atoms with Crippen LogP contribution in [0.2, 0.25) is 0 Å². The number of ketones is 1. The second-order valence-corrected chi connectivity index (χ2v) is 7.39. The number of nitrogens with zero attached hydrogens (tertiary/aromatic N) is 4. The van der Waals surface area contributed by atoms with Crippen LogP contribution in [0.4, 0.5) is 5.82 Å². The van der Waals surface area contributed by atoms with Crippen molar-refractivity contribution >= 4 is 22.6 Å². The molecule has 2 aromatic heterocycles. The first-order valence-electron chi connectivity index (χ1n) is 9.12. The number of imidazole rings is 1. The van der Waals surface area contributed by atoms with E-state index < -0.39 is 0 Å². The predicted octanol–water partition coefficient (Wildman–Crippen LogP) is 2.35. The van der Waals surface area contributed by atoms with Gasteiger partial charge in [-0.1, -0.05) is 18.2 Å². The zero-order valence-corrected chi connectivity index (χ0v) is 14.9. The Labute approximate surface area is 151 Å². The molecule has 1 N–H and O–H groups in total. The maximum atomic E-state index is 12.6. The number of Topliss-reactive ketones (excluding diaryl/α,β-unsaturated/α-hetero) is 1. The molecule has 1 fully saturated rings. The molecule has 0 spiro atoms. The van der Waals surface area contributed by atoms with E-state index in [9.17, 15) is 4.79 Å².